The summed E-state index contributed by atoms with van der Waals surface area (Å²) in [6, 6.07) is 0. The minimum atomic E-state index is 0.110. The first-order chi connectivity index (χ1) is 8.15. The third kappa shape index (κ3) is 4.13. The molecule has 0 saturated carbocycles. The molecule has 0 radical (unpaired) electrons. The molecule has 0 amide bonds. The van der Waals surface area contributed by atoms with Gasteiger partial charge in [0.25, 0.3) is 0 Å². The van der Waals surface area contributed by atoms with Crippen molar-refractivity contribution in [3.8, 4) is 0 Å². The summed E-state index contributed by atoms with van der Waals surface area (Å²) in [4.78, 5) is 0. The normalized spacial score (nSPS) is 13.1. The first-order valence-corrected chi connectivity index (χ1v) is 6.89. The Bertz CT molecular complexity index is 383. The molecule has 104 valence electrons. The van der Waals surface area contributed by atoms with E-state index < -0.39 is 0 Å². The fraction of sp³-hybridized carbons (Fsp3) is 0.800. The number of aromatic nitrogens is 2. The standard InChI is InChI=1S/C15H29N3/c1-8-15(5,6)11-16-9-12-10-18(7)17-13(12)14(2,3)4/h10,16H,8-9,11H2,1-7H3. The highest BCUT2D eigenvalue weighted by Gasteiger charge is 2.22. The van der Waals surface area contributed by atoms with E-state index in [1.54, 1.807) is 0 Å². The van der Waals surface area contributed by atoms with Gasteiger partial charge in [0.05, 0.1) is 5.69 Å². The summed E-state index contributed by atoms with van der Waals surface area (Å²) in [5.41, 5.74) is 2.99. The second-order valence-electron chi connectivity index (χ2n) is 7.05. The molecule has 1 aromatic heterocycles. The Morgan fingerprint density at radius 2 is 1.83 bits per heavy atom. The van der Waals surface area contributed by atoms with Crippen molar-refractivity contribution < 1.29 is 0 Å². The topological polar surface area (TPSA) is 29.9 Å². The maximum absolute atomic E-state index is 4.59. The number of aryl methyl sites for hydroxylation is 1. The molecule has 0 fully saturated rings. The van der Waals surface area contributed by atoms with Crippen LogP contribution in [0, 0.1) is 5.41 Å². The summed E-state index contributed by atoms with van der Waals surface area (Å²) in [5.74, 6) is 0. The third-order valence-electron chi connectivity index (χ3n) is 3.49. The summed E-state index contributed by atoms with van der Waals surface area (Å²) in [6.07, 6.45) is 3.33. The highest BCUT2D eigenvalue weighted by atomic mass is 15.3. The Morgan fingerprint density at radius 3 is 2.33 bits per heavy atom. The van der Waals surface area contributed by atoms with Gasteiger partial charge in [-0.05, 0) is 11.8 Å². The molecule has 0 saturated heterocycles. The number of hydrogen-bond donors (Lipinski definition) is 1. The van der Waals surface area contributed by atoms with Gasteiger partial charge in [0.2, 0.25) is 0 Å². The molecule has 1 rings (SSSR count). The van der Waals surface area contributed by atoms with Crippen LogP contribution in [0.4, 0.5) is 0 Å². The van der Waals surface area contributed by atoms with Crippen LogP contribution in [0.25, 0.3) is 0 Å². The minimum absolute atomic E-state index is 0.110. The van der Waals surface area contributed by atoms with E-state index in [2.05, 4.69) is 58.2 Å². The average molecular weight is 251 g/mol. The predicted molar refractivity (Wildman–Crippen MR) is 77.7 cm³/mol. The average Bonchev–Trinajstić information content (AvgIpc) is 2.59. The lowest BCUT2D eigenvalue weighted by Gasteiger charge is -2.23. The highest BCUT2D eigenvalue weighted by molar-refractivity contribution is 5.23. The van der Waals surface area contributed by atoms with Crippen molar-refractivity contribution in [3.63, 3.8) is 0 Å². The van der Waals surface area contributed by atoms with Crippen molar-refractivity contribution >= 4 is 0 Å². The van der Waals surface area contributed by atoms with Gasteiger partial charge in [-0.25, -0.2) is 0 Å². The molecule has 0 bridgehead atoms. The summed E-state index contributed by atoms with van der Waals surface area (Å²) in [7, 11) is 1.99. The molecule has 0 aliphatic heterocycles. The zero-order valence-corrected chi connectivity index (χ0v) is 13.1. The van der Waals surface area contributed by atoms with E-state index in [1.807, 2.05) is 11.7 Å². The van der Waals surface area contributed by atoms with Crippen molar-refractivity contribution in [2.45, 2.75) is 59.9 Å². The summed E-state index contributed by atoms with van der Waals surface area (Å²) >= 11 is 0. The molecule has 1 heterocycles. The number of nitrogens with one attached hydrogen (secondary N) is 1. The summed E-state index contributed by atoms with van der Waals surface area (Å²) in [5, 5.41) is 8.16. The maximum Gasteiger partial charge on any atom is 0.0722 e. The number of rotatable bonds is 5. The van der Waals surface area contributed by atoms with E-state index >= 15 is 0 Å². The van der Waals surface area contributed by atoms with Crippen molar-refractivity contribution in [2.75, 3.05) is 6.54 Å². The zero-order valence-electron chi connectivity index (χ0n) is 13.1. The molecule has 0 aliphatic rings. The summed E-state index contributed by atoms with van der Waals surface area (Å²) < 4.78 is 1.92. The van der Waals surface area contributed by atoms with Gasteiger partial charge in [-0.3, -0.25) is 4.68 Å². The summed E-state index contributed by atoms with van der Waals surface area (Å²) in [6.45, 7) is 15.4. The van der Waals surface area contributed by atoms with Gasteiger partial charge in [-0.2, -0.15) is 5.10 Å². The van der Waals surface area contributed by atoms with Crippen molar-refractivity contribution in [1.29, 1.82) is 0 Å². The van der Waals surface area contributed by atoms with Crippen molar-refractivity contribution in [3.05, 3.63) is 17.5 Å². The first kappa shape index (κ1) is 15.2. The molecule has 0 atom stereocenters. The van der Waals surface area contributed by atoms with Crippen LogP contribution in [0.3, 0.4) is 0 Å². The molecule has 3 heteroatoms. The molecule has 1 N–H and O–H groups in total. The van der Waals surface area contributed by atoms with Crippen LogP contribution in [-0.2, 0) is 19.0 Å². The molecule has 3 nitrogen and oxygen atoms in total. The SMILES string of the molecule is CCC(C)(C)CNCc1cn(C)nc1C(C)(C)C. The van der Waals surface area contributed by atoms with Crippen LogP contribution in [0.1, 0.15) is 59.2 Å². The zero-order chi connectivity index (χ0) is 14.0. The van der Waals surface area contributed by atoms with E-state index in [1.165, 1.54) is 17.7 Å². The van der Waals surface area contributed by atoms with Crippen LogP contribution in [0.15, 0.2) is 6.20 Å². The molecule has 18 heavy (non-hydrogen) atoms. The van der Waals surface area contributed by atoms with Gasteiger partial charge in [0, 0.05) is 37.3 Å². The van der Waals surface area contributed by atoms with E-state index in [0.717, 1.165) is 13.1 Å². The van der Waals surface area contributed by atoms with E-state index in [9.17, 15) is 0 Å². The van der Waals surface area contributed by atoms with Crippen LogP contribution in [-0.4, -0.2) is 16.3 Å². The minimum Gasteiger partial charge on any atom is -0.312 e. The Morgan fingerprint density at radius 1 is 1.22 bits per heavy atom. The smallest absolute Gasteiger partial charge is 0.0722 e. The molecule has 0 spiro atoms. The van der Waals surface area contributed by atoms with Gasteiger partial charge in [-0.1, -0.05) is 41.5 Å². The number of nitrogens with zero attached hydrogens (tertiary/aromatic N) is 2. The quantitative estimate of drug-likeness (QED) is 0.870. The Balaban J connectivity index is 2.68. The van der Waals surface area contributed by atoms with E-state index in [4.69, 9.17) is 0 Å². The van der Waals surface area contributed by atoms with Crippen LogP contribution < -0.4 is 5.32 Å². The lowest BCUT2D eigenvalue weighted by Crippen LogP contribution is -2.29. The van der Waals surface area contributed by atoms with Gasteiger partial charge < -0.3 is 5.32 Å². The fourth-order valence-electron chi connectivity index (χ4n) is 1.96. The van der Waals surface area contributed by atoms with Crippen LogP contribution in [0.5, 0.6) is 0 Å². The van der Waals surface area contributed by atoms with Gasteiger partial charge in [0.15, 0.2) is 0 Å². The molecular formula is C15H29N3. The van der Waals surface area contributed by atoms with Crippen molar-refractivity contribution in [2.24, 2.45) is 12.5 Å². The lowest BCUT2D eigenvalue weighted by molar-refractivity contribution is 0.327. The Kier molecular flexibility index (Phi) is 4.60. The largest absolute Gasteiger partial charge is 0.312 e. The van der Waals surface area contributed by atoms with Crippen LogP contribution >= 0.6 is 0 Å². The molecule has 1 aromatic rings. The van der Waals surface area contributed by atoms with E-state index in [-0.39, 0.29) is 5.41 Å². The van der Waals surface area contributed by atoms with Gasteiger partial charge in [-0.15, -0.1) is 0 Å². The lowest BCUT2D eigenvalue weighted by atomic mass is 9.89. The van der Waals surface area contributed by atoms with Gasteiger partial charge >= 0.3 is 0 Å². The third-order valence-corrected chi connectivity index (χ3v) is 3.49. The molecule has 0 aromatic carbocycles. The van der Waals surface area contributed by atoms with E-state index in [0.29, 0.717) is 5.41 Å². The second kappa shape index (κ2) is 5.43. The van der Waals surface area contributed by atoms with Crippen molar-refractivity contribution in [1.82, 2.24) is 15.1 Å². The first-order valence-electron chi connectivity index (χ1n) is 6.89. The molecule has 0 unspecified atom stereocenters. The molecular weight excluding hydrogens is 222 g/mol. The van der Waals surface area contributed by atoms with Crippen LogP contribution in [0.2, 0.25) is 0 Å². The predicted octanol–water partition coefficient (Wildman–Crippen LogP) is 3.24. The highest BCUT2D eigenvalue weighted by Crippen LogP contribution is 2.24. The Hall–Kier alpha value is -0.830. The fourth-order valence-corrected chi connectivity index (χ4v) is 1.96. The Labute approximate surface area is 112 Å². The monoisotopic (exact) mass is 251 g/mol. The second-order valence-corrected chi connectivity index (χ2v) is 7.05. The van der Waals surface area contributed by atoms with Gasteiger partial charge in [0.1, 0.15) is 0 Å². The molecule has 0 aliphatic carbocycles. The number of hydrogen-bond acceptors (Lipinski definition) is 2. The maximum atomic E-state index is 4.59.